The smallest absolute Gasteiger partial charge is 0.119 e. The number of nitrogens with one attached hydrogen (secondary N) is 3. The molecule has 0 unspecified atom stereocenters. The molecule has 3 aromatic rings. The Balaban J connectivity index is 0.000000120. The van der Waals surface area contributed by atoms with E-state index in [4.69, 9.17) is 0 Å². The van der Waals surface area contributed by atoms with Crippen molar-refractivity contribution in [2.24, 2.45) is 0 Å². The zero-order valence-electron chi connectivity index (χ0n) is 11.6. The van der Waals surface area contributed by atoms with Gasteiger partial charge in [-0.25, -0.2) is 15.0 Å². The zero-order chi connectivity index (χ0) is 14.6. The molecule has 2 aromatic heterocycles. The first-order valence-corrected chi connectivity index (χ1v) is 6.69. The van der Waals surface area contributed by atoms with Gasteiger partial charge in [0, 0.05) is 26.2 Å². The quantitative estimate of drug-likeness (QED) is 0.534. The van der Waals surface area contributed by atoms with Crippen LogP contribution in [0.5, 0.6) is 0 Å². The second-order valence-corrected chi connectivity index (χ2v) is 4.11. The average Bonchev–Trinajstić information content (AvgIpc) is 3.08. The highest BCUT2D eigenvalue weighted by atomic mass is 15.3. The first-order chi connectivity index (χ1) is 10.5. The lowest BCUT2D eigenvalue weighted by Gasteiger charge is -2.11. The van der Waals surface area contributed by atoms with Crippen LogP contribution in [0.4, 0.5) is 0 Å². The van der Waals surface area contributed by atoms with Crippen LogP contribution in [0.15, 0.2) is 43.2 Å². The Morgan fingerprint density at radius 2 is 1.10 bits per heavy atom. The van der Waals surface area contributed by atoms with E-state index in [1.165, 1.54) is 19.0 Å². The number of rotatable bonds is 0. The van der Waals surface area contributed by atoms with Gasteiger partial charge < -0.3 is 10.6 Å². The van der Waals surface area contributed by atoms with E-state index >= 15 is 0 Å². The third-order valence-electron chi connectivity index (χ3n) is 2.58. The minimum absolute atomic E-state index is 0.914. The molecule has 110 valence electrons. The topological polar surface area (TPSA) is 104 Å². The number of aromatic amines is 1. The van der Waals surface area contributed by atoms with Crippen LogP contribution in [0.2, 0.25) is 0 Å². The van der Waals surface area contributed by atoms with Crippen LogP contribution in [0.25, 0.3) is 11.0 Å². The number of benzene rings is 1. The van der Waals surface area contributed by atoms with E-state index in [1.54, 1.807) is 0 Å². The highest BCUT2D eigenvalue weighted by Crippen LogP contribution is 2.03. The first kappa shape index (κ1) is 14.9. The summed E-state index contributed by atoms with van der Waals surface area (Å²) in [6, 6.07) is 7.70. The molecule has 4 rings (SSSR count). The number of aromatic nitrogens is 6. The number of piperazine rings is 1. The maximum Gasteiger partial charge on any atom is 0.119 e. The van der Waals surface area contributed by atoms with Crippen molar-refractivity contribution in [2.75, 3.05) is 26.2 Å². The third-order valence-corrected chi connectivity index (χ3v) is 2.58. The van der Waals surface area contributed by atoms with Crippen molar-refractivity contribution in [3.8, 4) is 0 Å². The second kappa shape index (κ2) is 9.45. The first-order valence-electron chi connectivity index (χ1n) is 6.69. The van der Waals surface area contributed by atoms with Gasteiger partial charge in [-0.1, -0.05) is 12.1 Å². The number of fused-ring (bicyclic) bond motifs is 1. The predicted molar refractivity (Wildman–Crippen MR) is 79.5 cm³/mol. The van der Waals surface area contributed by atoms with Crippen LogP contribution >= 0.6 is 0 Å². The lowest BCUT2D eigenvalue weighted by Crippen LogP contribution is -2.39. The van der Waals surface area contributed by atoms with Gasteiger partial charge in [0.25, 0.3) is 0 Å². The van der Waals surface area contributed by atoms with Gasteiger partial charge in [-0.15, -0.1) is 0 Å². The van der Waals surface area contributed by atoms with Crippen LogP contribution in [0.1, 0.15) is 0 Å². The summed E-state index contributed by atoms with van der Waals surface area (Å²) in [6.45, 7) is 4.56. The SMILES string of the molecule is C1CNCCN1.c1ccc2n[nH]nc2c1.c1ncncn1. The van der Waals surface area contributed by atoms with Gasteiger partial charge in [-0.3, -0.25) is 0 Å². The maximum absolute atomic E-state index is 3.88. The van der Waals surface area contributed by atoms with Crippen molar-refractivity contribution in [1.29, 1.82) is 0 Å². The van der Waals surface area contributed by atoms with Crippen molar-refractivity contribution in [2.45, 2.75) is 0 Å². The zero-order valence-corrected chi connectivity index (χ0v) is 11.6. The molecular weight excluding hydrogens is 268 g/mol. The number of para-hydroxylation sites is 2. The molecule has 0 aliphatic carbocycles. The number of hydrogen-bond donors (Lipinski definition) is 3. The largest absolute Gasteiger partial charge is 0.314 e. The van der Waals surface area contributed by atoms with Gasteiger partial charge in [0.05, 0.1) is 0 Å². The van der Waals surface area contributed by atoms with E-state index < -0.39 is 0 Å². The predicted octanol–water partition coefficient (Wildman–Crippen LogP) is 0.00870. The molecule has 21 heavy (non-hydrogen) atoms. The molecule has 1 saturated heterocycles. The van der Waals surface area contributed by atoms with E-state index in [9.17, 15) is 0 Å². The molecule has 8 nitrogen and oxygen atoms in total. The van der Waals surface area contributed by atoms with Crippen molar-refractivity contribution in [1.82, 2.24) is 41.0 Å². The summed E-state index contributed by atoms with van der Waals surface area (Å²) in [5.41, 5.74) is 1.83. The Morgan fingerprint density at radius 3 is 1.43 bits per heavy atom. The summed E-state index contributed by atoms with van der Waals surface area (Å²) >= 11 is 0. The van der Waals surface area contributed by atoms with Gasteiger partial charge >= 0.3 is 0 Å². The summed E-state index contributed by atoms with van der Waals surface area (Å²) in [4.78, 5) is 10.7. The molecule has 0 atom stereocenters. The van der Waals surface area contributed by atoms with E-state index in [0.29, 0.717) is 0 Å². The molecule has 1 aliphatic rings. The van der Waals surface area contributed by atoms with E-state index in [2.05, 4.69) is 41.0 Å². The Morgan fingerprint density at radius 1 is 0.667 bits per heavy atom. The normalized spacial score (nSPS) is 13.5. The van der Waals surface area contributed by atoms with Crippen LogP contribution < -0.4 is 10.6 Å². The van der Waals surface area contributed by atoms with Crippen molar-refractivity contribution in [3.05, 3.63) is 43.2 Å². The molecular formula is C13H18N8. The van der Waals surface area contributed by atoms with Crippen molar-refractivity contribution in [3.63, 3.8) is 0 Å². The average molecular weight is 286 g/mol. The fourth-order valence-electron chi connectivity index (χ4n) is 1.59. The number of hydrogen-bond acceptors (Lipinski definition) is 7. The van der Waals surface area contributed by atoms with E-state index in [-0.39, 0.29) is 0 Å². The third kappa shape index (κ3) is 6.02. The van der Waals surface area contributed by atoms with Crippen LogP contribution in [0, 0.1) is 0 Å². The lowest BCUT2D eigenvalue weighted by atomic mass is 10.3. The van der Waals surface area contributed by atoms with Gasteiger partial charge in [0.2, 0.25) is 0 Å². The van der Waals surface area contributed by atoms with Gasteiger partial charge in [0.15, 0.2) is 0 Å². The minimum Gasteiger partial charge on any atom is -0.314 e. The number of nitrogens with zero attached hydrogens (tertiary/aromatic N) is 5. The molecule has 0 spiro atoms. The summed E-state index contributed by atoms with van der Waals surface area (Å²) in [5, 5.41) is 16.7. The van der Waals surface area contributed by atoms with Crippen LogP contribution in [-0.4, -0.2) is 56.5 Å². The van der Waals surface area contributed by atoms with Gasteiger partial charge in [-0.05, 0) is 12.1 Å². The van der Waals surface area contributed by atoms with Crippen molar-refractivity contribution >= 4 is 11.0 Å². The molecule has 1 aliphatic heterocycles. The molecule has 1 aromatic carbocycles. The minimum atomic E-state index is 0.914. The Bertz CT molecular complexity index is 525. The molecule has 0 saturated carbocycles. The highest BCUT2D eigenvalue weighted by Gasteiger charge is 1.91. The van der Waals surface area contributed by atoms with Crippen LogP contribution in [0.3, 0.4) is 0 Å². The monoisotopic (exact) mass is 286 g/mol. The molecule has 1 fully saturated rings. The standard InChI is InChI=1S/C6H5N3.C4H10N2.C3H3N3/c1-2-4-6-5(3-1)7-9-8-6;1-2-6-4-3-5-1;1-4-2-6-3-5-1/h1-4H,(H,7,8,9);5-6H,1-4H2;1-3H. The Hall–Kier alpha value is -2.45. The fraction of sp³-hybridized carbons (Fsp3) is 0.308. The number of H-pyrrole nitrogens is 1. The lowest BCUT2D eigenvalue weighted by molar-refractivity contribution is 0.534. The van der Waals surface area contributed by atoms with Crippen LogP contribution in [-0.2, 0) is 0 Å². The maximum atomic E-state index is 3.88. The van der Waals surface area contributed by atoms with E-state index in [0.717, 1.165) is 37.2 Å². The summed E-state index contributed by atoms with van der Waals surface area (Å²) in [5.74, 6) is 0. The summed E-state index contributed by atoms with van der Waals surface area (Å²) in [7, 11) is 0. The van der Waals surface area contributed by atoms with Gasteiger partial charge in [0.1, 0.15) is 30.0 Å². The van der Waals surface area contributed by atoms with E-state index in [1.807, 2.05) is 24.3 Å². The van der Waals surface area contributed by atoms with Gasteiger partial charge in [-0.2, -0.15) is 15.4 Å². The highest BCUT2D eigenvalue weighted by molar-refractivity contribution is 5.72. The Kier molecular flexibility index (Phi) is 6.73. The molecule has 3 N–H and O–H groups in total. The second-order valence-electron chi connectivity index (χ2n) is 4.11. The molecule has 3 heterocycles. The summed E-state index contributed by atoms with van der Waals surface area (Å²) in [6.07, 6.45) is 4.31. The summed E-state index contributed by atoms with van der Waals surface area (Å²) < 4.78 is 0. The molecule has 0 bridgehead atoms. The Labute approximate surface area is 122 Å². The van der Waals surface area contributed by atoms with Crippen molar-refractivity contribution < 1.29 is 0 Å². The fourth-order valence-corrected chi connectivity index (χ4v) is 1.59. The molecule has 0 radical (unpaired) electrons. The molecule has 8 heteroatoms. The molecule has 0 amide bonds.